The second kappa shape index (κ2) is 7.64. The van der Waals surface area contributed by atoms with E-state index in [1.807, 2.05) is 13.1 Å². The standard InChI is InChI=1S/C21H28N4O4S/c1-3-19(26)25-11-14(12-25)24(2)18-5-4-15(21(22)27)20-16(18)10-17(23-20)13-6-8-30(28,29)9-7-13/h3-5,10,13-14,23,28-29H,1,6-9,11-12H2,2H3,(H2,22,27). The summed E-state index contributed by atoms with van der Waals surface area (Å²) in [6.07, 6.45) is 2.70. The van der Waals surface area contributed by atoms with Crippen LogP contribution in [0.4, 0.5) is 5.69 Å². The van der Waals surface area contributed by atoms with Gasteiger partial charge < -0.3 is 20.5 Å². The zero-order valence-corrected chi connectivity index (χ0v) is 17.8. The minimum absolute atomic E-state index is 0.0684. The first-order chi connectivity index (χ1) is 14.2. The zero-order chi connectivity index (χ0) is 21.6. The summed E-state index contributed by atoms with van der Waals surface area (Å²) in [4.78, 5) is 31.0. The summed E-state index contributed by atoms with van der Waals surface area (Å²) in [5.74, 6) is 0.420. The molecule has 0 atom stereocenters. The van der Waals surface area contributed by atoms with E-state index in [1.54, 1.807) is 11.0 Å². The van der Waals surface area contributed by atoms with Crippen molar-refractivity contribution < 1.29 is 18.7 Å². The number of H-pyrrole nitrogens is 1. The number of likely N-dealkylation sites (N-methyl/N-ethyl adjacent to an activating group) is 1. The van der Waals surface area contributed by atoms with Crippen LogP contribution in [-0.4, -0.2) is 68.5 Å². The minimum atomic E-state index is -2.45. The summed E-state index contributed by atoms with van der Waals surface area (Å²) in [6, 6.07) is 5.87. The lowest BCUT2D eigenvalue weighted by Crippen LogP contribution is -2.60. The van der Waals surface area contributed by atoms with Gasteiger partial charge in [-0.25, -0.2) is 0 Å². The summed E-state index contributed by atoms with van der Waals surface area (Å²) >= 11 is 0. The van der Waals surface area contributed by atoms with Crippen LogP contribution >= 0.6 is 10.6 Å². The number of nitrogens with one attached hydrogen (secondary N) is 1. The van der Waals surface area contributed by atoms with Gasteiger partial charge in [-0.2, -0.15) is 10.6 Å². The largest absolute Gasteiger partial charge is 0.367 e. The normalized spacial score (nSPS) is 20.6. The van der Waals surface area contributed by atoms with E-state index in [4.69, 9.17) is 5.73 Å². The Kier molecular flexibility index (Phi) is 5.29. The number of benzene rings is 1. The predicted octanol–water partition coefficient (Wildman–Crippen LogP) is 2.73. The molecule has 2 aliphatic rings. The maximum atomic E-state index is 12.0. The highest BCUT2D eigenvalue weighted by Crippen LogP contribution is 2.48. The van der Waals surface area contributed by atoms with E-state index in [2.05, 4.69) is 22.5 Å². The van der Waals surface area contributed by atoms with E-state index in [-0.39, 0.29) is 17.9 Å². The molecule has 2 amide bonds. The van der Waals surface area contributed by atoms with Crippen molar-refractivity contribution >= 4 is 39.0 Å². The lowest BCUT2D eigenvalue weighted by molar-refractivity contribution is -0.130. The first-order valence-electron chi connectivity index (χ1n) is 10.0. The van der Waals surface area contributed by atoms with Crippen molar-refractivity contribution in [2.24, 2.45) is 5.73 Å². The summed E-state index contributed by atoms with van der Waals surface area (Å²) in [6.45, 7) is 4.78. The Hall–Kier alpha value is -2.49. The van der Waals surface area contributed by atoms with Gasteiger partial charge in [-0.15, -0.1) is 0 Å². The van der Waals surface area contributed by atoms with Crippen LogP contribution in [0.5, 0.6) is 0 Å². The van der Waals surface area contributed by atoms with Gasteiger partial charge in [0.2, 0.25) is 5.91 Å². The molecule has 3 heterocycles. The van der Waals surface area contributed by atoms with Crippen LogP contribution in [0.1, 0.15) is 34.8 Å². The van der Waals surface area contributed by atoms with Crippen molar-refractivity contribution in [2.75, 3.05) is 36.5 Å². The van der Waals surface area contributed by atoms with Crippen molar-refractivity contribution in [2.45, 2.75) is 24.8 Å². The zero-order valence-electron chi connectivity index (χ0n) is 17.0. The van der Waals surface area contributed by atoms with E-state index in [9.17, 15) is 18.7 Å². The number of nitrogens with zero attached hydrogens (tertiary/aromatic N) is 2. The lowest BCUT2D eigenvalue weighted by Gasteiger charge is -2.44. The van der Waals surface area contributed by atoms with Crippen LogP contribution in [0.3, 0.4) is 0 Å². The molecule has 0 spiro atoms. The highest BCUT2D eigenvalue weighted by molar-refractivity contribution is 8.24. The SMILES string of the molecule is C=CC(=O)N1CC(N(C)c2ccc(C(N)=O)c3[nH]c(C4CCS(O)(O)CC4)cc23)C1. The second-order valence-corrected chi connectivity index (χ2v) is 10.6. The molecule has 1 aromatic heterocycles. The first kappa shape index (κ1) is 20.8. The molecule has 8 nitrogen and oxygen atoms in total. The lowest BCUT2D eigenvalue weighted by atomic mass is 9.98. The van der Waals surface area contributed by atoms with Gasteiger partial charge in [0, 0.05) is 54.3 Å². The van der Waals surface area contributed by atoms with Crippen molar-refractivity contribution in [3.8, 4) is 0 Å². The molecule has 0 aliphatic carbocycles. The molecule has 2 aromatic rings. The topological polar surface area (TPSA) is 123 Å². The monoisotopic (exact) mass is 432 g/mol. The molecule has 2 aliphatic heterocycles. The fourth-order valence-corrected chi connectivity index (χ4v) is 5.91. The maximum absolute atomic E-state index is 12.0. The third-order valence-electron chi connectivity index (χ3n) is 6.36. The summed E-state index contributed by atoms with van der Waals surface area (Å²) in [5, 5.41) is 0.912. The number of hydrogen-bond donors (Lipinski definition) is 4. The number of carbonyl (C=O) groups excluding carboxylic acids is 2. The molecule has 1 aromatic carbocycles. The molecule has 0 bridgehead atoms. The first-order valence-corrected chi connectivity index (χ1v) is 11.9. The van der Waals surface area contributed by atoms with Crippen LogP contribution in [0.2, 0.25) is 0 Å². The van der Waals surface area contributed by atoms with Gasteiger partial charge in [0.25, 0.3) is 5.91 Å². The van der Waals surface area contributed by atoms with Crippen molar-refractivity contribution in [3.05, 3.63) is 42.1 Å². The third-order valence-corrected chi connectivity index (χ3v) is 8.14. The van der Waals surface area contributed by atoms with E-state index >= 15 is 0 Å². The molecule has 5 N–H and O–H groups in total. The highest BCUT2D eigenvalue weighted by Gasteiger charge is 2.33. The summed E-state index contributed by atoms with van der Waals surface area (Å²) in [5.41, 5.74) is 8.70. The number of nitrogens with two attached hydrogens (primary N) is 1. The van der Waals surface area contributed by atoms with Gasteiger partial charge in [-0.3, -0.25) is 18.7 Å². The summed E-state index contributed by atoms with van der Waals surface area (Å²) < 4.78 is 19.8. The fourth-order valence-electron chi connectivity index (χ4n) is 4.38. The molecule has 0 radical (unpaired) electrons. The minimum Gasteiger partial charge on any atom is -0.367 e. The number of primary amides is 1. The van der Waals surface area contributed by atoms with Gasteiger partial charge in [0.15, 0.2) is 0 Å². The van der Waals surface area contributed by atoms with Crippen molar-refractivity contribution in [3.63, 3.8) is 0 Å². The van der Waals surface area contributed by atoms with Crippen LogP contribution in [0.25, 0.3) is 10.9 Å². The van der Waals surface area contributed by atoms with Gasteiger partial charge in [0.1, 0.15) is 0 Å². The molecular weight excluding hydrogens is 404 g/mol. The van der Waals surface area contributed by atoms with Gasteiger partial charge >= 0.3 is 0 Å². The van der Waals surface area contributed by atoms with Crippen LogP contribution in [-0.2, 0) is 4.79 Å². The van der Waals surface area contributed by atoms with E-state index in [0.29, 0.717) is 48.5 Å². The second-order valence-electron chi connectivity index (χ2n) is 8.21. The molecule has 2 fully saturated rings. The summed E-state index contributed by atoms with van der Waals surface area (Å²) in [7, 11) is -0.466. The quantitative estimate of drug-likeness (QED) is 0.541. The smallest absolute Gasteiger partial charge is 0.250 e. The Labute approximate surface area is 177 Å². The Morgan fingerprint density at radius 2 is 1.97 bits per heavy atom. The molecule has 2 saturated heterocycles. The number of aromatic amines is 1. The molecule has 0 unspecified atom stereocenters. The number of aromatic nitrogens is 1. The van der Waals surface area contributed by atoms with Crippen LogP contribution in [0.15, 0.2) is 30.9 Å². The number of carbonyl (C=O) groups is 2. The maximum Gasteiger partial charge on any atom is 0.250 e. The van der Waals surface area contributed by atoms with Gasteiger partial charge in [-0.05, 0) is 37.1 Å². The fraction of sp³-hybridized carbons (Fsp3) is 0.429. The average Bonchev–Trinajstić information content (AvgIpc) is 3.10. The van der Waals surface area contributed by atoms with Crippen molar-refractivity contribution in [1.29, 1.82) is 0 Å². The number of anilines is 1. The van der Waals surface area contributed by atoms with Gasteiger partial charge in [0.05, 0.1) is 17.1 Å². The molecule has 0 saturated carbocycles. The van der Waals surface area contributed by atoms with Crippen LogP contribution in [0, 0.1) is 0 Å². The van der Waals surface area contributed by atoms with E-state index in [1.165, 1.54) is 6.08 Å². The molecule has 4 rings (SSSR count). The van der Waals surface area contributed by atoms with Crippen LogP contribution < -0.4 is 10.6 Å². The number of amides is 2. The predicted molar refractivity (Wildman–Crippen MR) is 120 cm³/mol. The molecule has 162 valence electrons. The van der Waals surface area contributed by atoms with Gasteiger partial charge in [-0.1, -0.05) is 6.58 Å². The Morgan fingerprint density at radius 1 is 1.30 bits per heavy atom. The number of hydrogen-bond acceptors (Lipinski definition) is 5. The number of rotatable bonds is 5. The highest BCUT2D eigenvalue weighted by atomic mass is 32.3. The Balaban J connectivity index is 1.65. The van der Waals surface area contributed by atoms with Crippen molar-refractivity contribution in [1.82, 2.24) is 9.88 Å². The van der Waals surface area contributed by atoms with E-state index in [0.717, 1.165) is 16.8 Å². The average molecular weight is 433 g/mol. The molecular formula is C21H28N4O4S. The third kappa shape index (κ3) is 3.68. The Bertz CT molecular complexity index is 1000. The molecule has 9 heteroatoms. The number of likely N-dealkylation sites (tertiary alicyclic amines) is 1. The Morgan fingerprint density at radius 3 is 2.57 bits per heavy atom. The van der Waals surface area contributed by atoms with E-state index < -0.39 is 16.5 Å². The number of fused-ring (bicyclic) bond motifs is 1. The molecule has 30 heavy (non-hydrogen) atoms.